The Morgan fingerprint density at radius 2 is 2.00 bits per heavy atom. The molecule has 2 N–H and O–H groups in total. The lowest BCUT2D eigenvalue weighted by Crippen LogP contribution is -2.34. The van der Waals surface area contributed by atoms with Crippen LogP contribution in [0.3, 0.4) is 0 Å². The molecule has 1 amide bonds. The van der Waals surface area contributed by atoms with E-state index in [1.165, 1.54) is 7.11 Å². The number of aromatic nitrogens is 1. The molecule has 1 heterocycles. The van der Waals surface area contributed by atoms with E-state index in [2.05, 4.69) is 15.6 Å². The van der Waals surface area contributed by atoms with Crippen molar-refractivity contribution in [1.82, 2.24) is 10.3 Å². The number of methoxy groups -OCH3 is 1. The van der Waals surface area contributed by atoms with Crippen LogP contribution >= 0.6 is 12.2 Å². The Morgan fingerprint density at radius 1 is 1.24 bits per heavy atom. The van der Waals surface area contributed by atoms with E-state index in [0.717, 1.165) is 5.56 Å². The Labute approximate surface area is 128 Å². The number of amides is 1. The van der Waals surface area contributed by atoms with Gasteiger partial charge in [-0.15, -0.1) is 0 Å². The average Bonchev–Trinajstić information content (AvgIpc) is 2.49. The van der Waals surface area contributed by atoms with Gasteiger partial charge in [0.15, 0.2) is 5.11 Å². The normalized spacial score (nSPS) is 9.81. The molecule has 6 heteroatoms. The van der Waals surface area contributed by atoms with Crippen LogP contribution in [0.2, 0.25) is 0 Å². The molecule has 0 saturated heterocycles. The number of nitrogens with zero attached hydrogens (tertiary/aromatic N) is 1. The number of benzene rings is 1. The number of hydrogen-bond acceptors (Lipinski definition) is 4. The quantitative estimate of drug-likeness (QED) is 0.853. The highest BCUT2D eigenvalue weighted by atomic mass is 32.1. The number of hydrogen-bond donors (Lipinski definition) is 2. The van der Waals surface area contributed by atoms with E-state index in [-0.39, 0.29) is 11.0 Å². The highest BCUT2D eigenvalue weighted by molar-refractivity contribution is 7.80. The minimum atomic E-state index is -0.335. The van der Waals surface area contributed by atoms with E-state index < -0.39 is 0 Å². The molecular weight excluding hydrogens is 286 g/mol. The van der Waals surface area contributed by atoms with Crippen LogP contribution in [0.15, 0.2) is 42.6 Å². The van der Waals surface area contributed by atoms with E-state index in [1.54, 1.807) is 30.5 Å². The number of ether oxygens (including phenoxy) is 1. The van der Waals surface area contributed by atoms with Crippen LogP contribution in [-0.4, -0.2) is 23.1 Å². The number of nitrogens with one attached hydrogen (secondary N) is 2. The van der Waals surface area contributed by atoms with E-state index in [4.69, 9.17) is 17.0 Å². The number of anilines is 1. The van der Waals surface area contributed by atoms with Crippen molar-refractivity contribution in [2.24, 2.45) is 0 Å². The van der Waals surface area contributed by atoms with Crippen molar-refractivity contribution in [3.05, 3.63) is 53.7 Å². The van der Waals surface area contributed by atoms with Gasteiger partial charge in [0, 0.05) is 6.20 Å². The first-order valence-electron chi connectivity index (χ1n) is 6.29. The first kappa shape index (κ1) is 14.9. The number of carbonyl (C=O) groups is 1. The number of pyridine rings is 1. The zero-order valence-electron chi connectivity index (χ0n) is 11.7. The molecule has 0 atom stereocenters. The van der Waals surface area contributed by atoms with Gasteiger partial charge >= 0.3 is 0 Å². The molecule has 0 aliphatic heterocycles. The van der Waals surface area contributed by atoms with Gasteiger partial charge in [-0.05, 0) is 42.9 Å². The molecule has 2 aromatic rings. The van der Waals surface area contributed by atoms with Crippen LogP contribution in [0, 0.1) is 6.92 Å². The van der Waals surface area contributed by atoms with Crippen LogP contribution < -0.4 is 15.4 Å². The molecule has 0 spiro atoms. The Bertz CT molecular complexity index is 673. The molecular formula is C15H15N3O2S. The van der Waals surface area contributed by atoms with Gasteiger partial charge in [0.2, 0.25) is 0 Å². The van der Waals surface area contributed by atoms with Gasteiger partial charge in [-0.2, -0.15) is 0 Å². The molecule has 5 nitrogen and oxygen atoms in total. The summed E-state index contributed by atoms with van der Waals surface area (Å²) in [6.07, 6.45) is 1.65. The SMILES string of the molecule is COc1ccccc1C(=O)NC(=S)Nc1ncccc1C. The summed E-state index contributed by atoms with van der Waals surface area (Å²) in [5, 5.41) is 5.69. The minimum absolute atomic E-state index is 0.188. The van der Waals surface area contributed by atoms with E-state index >= 15 is 0 Å². The fourth-order valence-corrected chi connectivity index (χ4v) is 1.95. The maximum absolute atomic E-state index is 12.2. The van der Waals surface area contributed by atoms with Crippen molar-refractivity contribution in [1.29, 1.82) is 0 Å². The molecule has 0 unspecified atom stereocenters. The molecule has 2 rings (SSSR count). The molecule has 0 bridgehead atoms. The Kier molecular flexibility index (Phi) is 4.84. The molecule has 0 radical (unpaired) electrons. The summed E-state index contributed by atoms with van der Waals surface area (Å²) < 4.78 is 5.15. The first-order valence-corrected chi connectivity index (χ1v) is 6.69. The first-order chi connectivity index (χ1) is 10.1. The summed E-state index contributed by atoms with van der Waals surface area (Å²) in [5.41, 5.74) is 1.35. The van der Waals surface area contributed by atoms with Crippen molar-refractivity contribution >= 4 is 29.1 Å². The van der Waals surface area contributed by atoms with Crippen molar-refractivity contribution in [2.45, 2.75) is 6.92 Å². The number of carbonyl (C=O) groups excluding carboxylic acids is 1. The van der Waals surface area contributed by atoms with Gasteiger partial charge in [-0.3, -0.25) is 10.1 Å². The third kappa shape index (κ3) is 3.76. The summed E-state index contributed by atoms with van der Waals surface area (Å²) in [6, 6.07) is 10.7. The zero-order valence-corrected chi connectivity index (χ0v) is 12.5. The lowest BCUT2D eigenvalue weighted by molar-refractivity contribution is 0.0975. The standard InChI is InChI=1S/C15H15N3O2S/c1-10-6-5-9-16-13(10)17-15(21)18-14(19)11-7-3-4-8-12(11)20-2/h3-9H,1-2H3,(H2,16,17,18,19,21). The molecule has 21 heavy (non-hydrogen) atoms. The third-order valence-corrected chi connectivity index (χ3v) is 3.02. The predicted molar refractivity (Wildman–Crippen MR) is 85.7 cm³/mol. The van der Waals surface area contributed by atoms with Crippen LogP contribution in [0.25, 0.3) is 0 Å². The van der Waals surface area contributed by atoms with E-state index in [0.29, 0.717) is 17.1 Å². The Morgan fingerprint density at radius 3 is 2.71 bits per heavy atom. The number of thiocarbonyl (C=S) groups is 1. The highest BCUT2D eigenvalue weighted by Crippen LogP contribution is 2.17. The smallest absolute Gasteiger partial charge is 0.261 e. The van der Waals surface area contributed by atoms with Gasteiger partial charge in [0.1, 0.15) is 11.6 Å². The van der Waals surface area contributed by atoms with Gasteiger partial charge in [-0.25, -0.2) is 4.98 Å². The largest absolute Gasteiger partial charge is 0.496 e. The van der Waals surface area contributed by atoms with Crippen LogP contribution in [0.5, 0.6) is 5.75 Å². The second-order valence-electron chi connectivity index (χ2n) is 4.28. The van der Waals surface area contributed by atoms with Crippen molar-refractivity contribution < 1.29 is 9.53 Å². The fourth-order valence-electron chi connectivity index (χ4n) is 1.76. The molecule has 0 fully saturated rings. The number of para-hydroxylation sites is 1. The van der Waals surface area contributed by atoms with Crippen LogP contribution in [0.1, 0.15) is 15.9 Å². The molecule has 0 aliphatic rings. The Hall–Kier alpha value is -2.47. The van der Waals surface area contributed by atoms with Gasteiger partial charge in [0.05, 0.1) is 12.7 Å². The summed E-state index contributed by atoms with van der Waals surface area (Å²) in [4.78, 5) is 16.3. The maximum atomic E-state index is 12.2. The molecule has 0 saturated carbocycles. The lowest BCUT2D eigenvalue weighted by atomic mass is 10.2. The zero-order chi connectivity index (χ0) is 15.2. The summed E-state index contributed by atoms with van der Waals surface area (Å²) in [6.45, 7) is 1.90. The van der Waals surface area contributed by atoms with Gasteiger partial charge < -0.3 is 10.1 Å². The van der Waals surface area contributed by atoms with E-state index in [1.807, 2.05) is 19.1 Å². The van der Waals surface area contributed by atoms with Crippen molar-refractivity contribution in [3.63, 3.8) is 0 Å². The summed E-state index contributed by atoms with van der Waals surface area (Å²) in [5.74, 6) is 0.771. The van der Waals surface area contributed by atoms with Gasteiger partial charge in [-0.1, -0.05) is 18.2 Å². The lowest BCUT2D eigenvalue weighted by Gasteiger charge is -2.12. The Balaban J connectivity index is 2.06. The summed E-state index contributed by atoms with van der Waals surface area (Å²) >= 11 is 5.13. The molecule has 0 aliphatic carbocycles. The second-order valence-corrected chi connectivity index (χ2v) is 4.69. The third-order valence-electron chi connectivity index (χ3n) is 2.82. The van der Waals surface area contributed by atoms with Gasteiger partial charge in [0.25, 0.3) is 5.91 Å². The highest BCUT2D eigenvalue weighted by Gasteiger charge is 2.13. The fraction of sp³-hybridized carbons (Fsp3) is 0.133. The predicted octanol–water partition coefficient (Wildman–Crippen LogP) is 2.53. The van der Waals surface area contributed by atoms with E-state index in [9.17, 15) is 4.79 Å². The monoisotopic (exact) mass is 301 g/mol. The van der Waals surface area contributed by atoms with Crippen LogP contribution in [-0.2, 0) is 0 Å². The van der Waals surface area contributed by atoms with Crippen LogP contribution in [0.4, 0.5) is 5.82 Å². The second kappa shape index (κ2) is 6.81. The number of aryl methyl sites for hydroxylation is 1. The number of rotatable bonds is 3. The van der Waals surface area contributed by atoms with Crippen molar-refractivity contribution in [3.8, 4) is 5.75 Å². The summed E-state index contributed by atoms with van der Waals surface area (Å²) in [7, 11) is 1.51. The topological polar surface area (TPSA) is 63.2 Å². The maximum Gasteiger partial charge on any atom is 0.261 e. The average molecular weight is 301 g/mol. The van der Waals surface area contributed by atoms with Crippen molar-refractivity contribution in [2.75, 3.05) is 12.4 Å². The minimum Gasteiger partial charge on any atom is -0.496 e. The molecule has 1 aromatic heterocycles. The molecule has 108 valence electrons. The molecule has 1 aromatic carbocycles.